The Morgan fingerprint density at radius 1 is 0.492 bits per heavy atom. The van der Waals surface area contributed by atoms with Crippen LogP contribution in [0.2, 0.25) is 0 Å². The Bertz CT molecular complexity index is 1460. The molecule has 0 aromatic heterocycles. The lowest BCUT2D eigenvalue weighted by molar-refractivity contribution is -0.870. The molecule has 0 aliphatic rings. The molecule has 2 atom stereocenters. The van der Waals surface area contributed by atoms with E-state index in [9.17, 15) is 14.3 Å². The Kier molecular flexibility index (Phi) is 42.8. The standard InChI is InChI=1S/C54H88NO7P/c1-6-8-10-12-14-16-18-20-22-24-25-26-27-28-29-30-31-32-33-35-37-39-41-43-45-47-54(56)62-53(52-61-63(57,58)60-50-48-55(3,4)5)51-59-49-46-44-42-40-38-36-34-23-21-19-17-15-13-11-9-7-2/h8-11,14-17,20-23,25-26,28-29,31-32,36,38,42,44,53H,6-7,12-13,18-19,24,27,30,33-35,37,39-41,43,45-52H2,1-5H3/b10-8-,11-9-,16-14-,17-15-,22-20-,23-21-,26-25-,29-28-,32-31-,38-36-,44-42-. The number of nitrogens with zero attached hydrogens (tertiary/aromatic N) is 1. The second kappa shape index (κ2) is 45.2. The summed E-state index contributed by atoms with van der Waals surface area (Å²) in [5.74, 6) is -0.380. The van der Waals surface area contributed by atoms with Gasteiger partial charge in [-0.15, -0.1) is 0 Å². The molecule has 0 aromatic carbocycles. The van der Waals surface area contributed by atoms with E-state index in [2.05, 4.69) is 141 Å². The molecular formula is C54H88NO7P. The van der Waals surface area contributed by atoms with Crippen LogP contribution in [-0.4, -0.2) is 70.7 Å². The molecule has 8 nitrogen and oxygen atoms in total. The van der Waals surface area contributed by atoms with Crippen LogP contribution in [0.15, 0.2) is 134 Å². The van der Waals surface area contributed by atoms with Gasteiger partial charge in [0.15, 0.2) is 0 Å². The number of ether oxygens (including phenoxy) is 2. The highest BCUT2D eigenvalue weighted by Gasteiger charge is 2.20. The molecule has 63 heavy (non-hydrogen) atoms. The third-order valence-corrected chi connectivity index (χ3v) is 10.2. The lowest BCUT2D eigenvalue weighted by Crippen LogP contribution is -2.37. The van der Waals surface area contributed by atoms with Gasteiger partial charge in [-0.05, 0) is 96.3 Å². The molecule has 0 fully saturated rings. The SMILES string of the molecule is CC/C=C\C/C=C\C/C=C\C/C=C\C/C=C\C/C=C\CCCCCCCCC(=O)OC(COCC/C=C\C/C=C\C/C=C\C/C=C\C/C=C\CC)COP(=O)([O-])OCC[N+](C)(C)C. The summed E-state index contributed by atoms with van der Waals surface area (Å²) in [6, 6.07) is 0. The zero-order chi connectivity index (χ0) is 46.2. The maximum absolute atomic E-state index is 12.7. The fraction of sp³-hybridized carbons (Fsp3) is 0.574. The largest absolute Gasteiger partial charge is 0.756 e. The molecule has 0 radical (unpaired) electrons. The van der Waals surface area contributed by atoms with Gasteiger partial charge < -0.3 is 27.9 Å². The number of hydrogen-bond donors (Lipinski definition) is 0. The van der Waals surface area contributed by atoms with Crippen molar-refractivity contribution in [1.82, 2.24) is 0 Å². The third kappa shape index (κ3) is 49.5. The van der Waals surface area contributed by atoms with Crippen molar-refractivity contribution in [2.45, 2.75) is 148 Å². The number of likely N-dealkylation sites (N-methyl/N-ethyl adjacent to an activating group) is 1. The van der Waals surface area contributed by atoms with Crippen molar-refractivity contribution in [3.63, 3.8) is 0 Å². The summed E-state index contributed by atoms with van der Waals surface area (Å²) in [7, 11) is 1.27. The number of carbonyl (C=O) groups excluding carboxylic acids is 1. The lowest BCUT2D eigenvalue weighted by Gasteiger charge is -2.28. The number of carbonyl (C=O) groups is 1. The van der Waals surface area contributed by atoms with E-state index in [1.807, 2.05) is 27.2 Å². The first-order valence-corrected chi connectivity index (χ1v) is 25.4. The Labute approximate surface area is 385 Å². The van der Waals surface area contributed by atoms with Gasteiger partial charge in [-0.2, -0.15) is 0 Å². The Hall–Kier alpha value is -3.36. The highest BCUT2D eigenvalue weighted by atomic mass is 31.2. The fourth-order valence-electron chi connectivity index (χ4n) is 5.61. The van der Waals surface area contributed by atoms with Crippen LogP contribution in [0.5, 0.6) is 0 Å². The second-order valence-corrected chi connectivity index (χ2v) is 17.8. The third-order valence-electron chi connectivity index (χ3n) is 9.22. The van der Waals surface area contributed by atoms with Crippen LogP contribution in [0.4, 0.5) is 0 Å². The van der Waals surface area contributed by atoms with Crippen LogP contribution in [0.25, 0.3) is 0 Å². The first-order chi connectivity index (χ1) is 30.6. The smallest absolute Gasteiger partial charge is 0.306 e. The Balaban J connectivity index is 4.34. The van der Waals surface area contributed by atoms with E-state index >= 15 is 0 Å². The van der Waals surface area contributed by atoms with Crippen LogP contribution in [0, 0.1) is 0 Å². The van der Waals surface area contributed by atoms with Crippen molar-refractivity contribution in [2.75, 3.05) is 54.1 Å². The summed E-state index contributed by atoms with van der Waals surface area (Å²) < 4.78 is 34.5. The van der Waals surface area contributed by atoms with E-state index < -0.39 is 13.9 Å². The molecule has 0 spiro atoms. The van der Waals surface area contributed by atoms with E-state index in [-0.39, 0.29) is 32.2 Å². The van der Waals surface area contributed by atoms with Gasteiger partial charge >= 0.3 is 5.97 Å². The van der Waals surface area contributed by atoms with Gasteiger partial charge in [0, 0.05) is 6.42 Å². The molecule has 0 saturated carbocycles. The molecule has 0 aliphatic carbocycles. The number of phosphoric acid groups is 1. The molecule has 0 rings (SSSR count). The molecule has 0 aliphatic heterocycles. The number of esters is 1. The van der Waals surface area contributed by atoms with Crippen molar-refractivity contribution in [1.29, 1.82) is 0 Å². The topological polar surface area (TPSA) is 94.1 Å². The number of rotatable bonds is 42. The van der Waals surface area contributed by atoms with Gasteiger partial charge in [0.05, 0.1) is 41.0 Å². The summed E-state index contributed by atoms with van der Waals surface area (Å²) in [6.07, 6.45) is 66.4. The number of quaternary nitrogens is 1. The van der Waals surface area contributed by atoms with E-state index in [0.29, 0.717) is 24.1 Å². The predicted octanol–water partition coefficient (Wildman–Crippen LogP) is 14.1. The highest BCUT2D eigenvalue weighted by Crippen LogP contribution is 2.38. The molecule has 0 N–H and O–H groups in total. The van der Waals surface area contributed by atoms with Crippen molar-refractivity contribution >= 4 is 13.8 Å². The molecule has 9 heteroatoms. The van der Waals surface area contributed by atoms with E-state index in [0.717, 1.165) is 109 Å². The lowest BCUT2D eigenvalue weighted by atomic mass is 10.1. The molecule has 0 aromatic rings. The fourth-order valence-corrected chi connectivity index (χ4v) is 6.34. The van der Waals surface area contributed by atoms with Gasteiger partial charge in [0.1, 0.15) is 19.3 Å². The maximum Gasteiger partial charge on any atom is 0.306 e. The maximum atomic E-state index is 12.7. The first-order valence-electron chi connectivity index (χ1n) is 23.9. The summed E-state index contributed by atoms with van der Waals surface area (Å²) >= 11 is 0. The average Bonchev–Trinajstić information content (AvgIpc) is 3.24. The second-order valence-electron chi connectivity index (χ2n) is 16.3. The minimum atomic E-state index is -4.56. The summed E-state index contributed by atoms with van der Waals surface area (Å²) in [5, 5.41) is 0. The summed E-state index contributed by atoms with van der Waals surface area (Å²) in [5.41, 5.74) is 0. The summed E-state index contributed by atoms with van der Waals surface area (Å²) in [6.45, 7) is 4.89. The summed E-state index contributed by atoms with van der Waals surface area (Å²) in [4.78, 5) is 25.1. The van der Waals surface area contributed by atoms with Gasteiger partial charge in [-0.3, -0.25) is 9.36 Å². The van der Waals surface area contributed by atoms with Crippen LogP contribution in [0.3, 0.4) is 0 Å². The molecule has 0 bridgehead atoms. The number of allylic oxidation sites excluding steroid dienone is 21. The number of unbranched alkanes of at least 4 members (excludes halogenated alkanes) is 6. The van der Waals surface area contributed by atoms with Crippen LogP contribution >= 0.6 is 7.82 Å². The first kappa shape index (κ1) is 59.6. The van der Waals surface area contributed by atoms with Crippen LogP contribution in [0.1, 0.15) is 142 Å². The molecule has 0 saturated heterocycles. The van der Waals surface area contributed by atoms with E-state index in [4.69, 9.17) is 18.5 Å². The van der Waals surface area contributed by atoms with Gasteiger partial charge in [0.2, 0.25) is 0 Å². The molecule has 356 valence electrons. The van der Waals surface area contributed by atoms with Crippen molar-refractivity contribution in [3.05, 3.63) is 134 Å². The zero-order valence-electron chi connectivity index (χ0n) is 40.2. The van der Waals surface area contributed by atoms with Crippen molar-refractivity contribution < 1.29 is 37.3 Å². The number of hydrogen-bond acceptors (Lipinski definition) is 7. The quantitative estimate of drug-likeness (QED) is 0.0198. The zero-order valence-corrected chi connectivity index (χ0v) is 41.1. The van der Waals surface area contributed by atoms with E-state index in [1.54, 1.807) is 0 Å². The van der Waals surface area contributed by atoms with Crippen molar-refractivity contribution in [2.24, 2.45) is 0 Å². The van der Waals surface area contributed by atoms with E-state index in [1.165, 1.54) is 6.42 Å². The van der Waals surface area contributed by atoms with Gasteiger partial charge in [-0.25, -0.2) is 0 Å². The van der Waals surface area contributed by atoms with Crippen LogP contribution in [-0.2, 0) is 27.9 Å². The molecule has 0 amide bonds. The highest BCUT2D eigenvalue weighted by molar-refractivity contribution is 7.45. The Morgan fingerprint density at radius 2 is 0.873 bits per heavy atom. The monoisotopic (exact) mass is 894 g/mol. The molecule has 2 unspecified atom stereocenters. The van der Waals surface area contributed by atoms with Gasteiger partial charge in [-0.1, -0.05) is 173 Å². The van der Waals surface area contributed by atoms with Crippen molar-refractivity contribution in [3.8, 4) is 0 Å². The minimum absolute atomic E-state index is 0.000979. The normalized spacial score (nSPS) is 14.8. The van der Waals surface area contributed by atoms with Gasteiger partial charge in [0.25, 0.3) is 7.82 Å². The minimum Gasteiger partial charge on any atom is -0.756 e. The predicted molar refractivity (Wildman–Crippen MR) is 267 cm³/mol. The Morgan fingerprint density at radius 3 is 1.30 bits per heavy atom. The molecular weight excluding hydrogens is 806 g/mol. The van der Waals surface area contributed by atoms with Crippen LogP contribution < -0.4 is 4.89 Å². The number of phosphoric ester groups is 1. The molecule has 0 heterocycles. The average molecular weight is 894 g/mol.